The van der Waals surface area contributed by atoms with Crippen LogP contribution in [0.3, 0.4) is 0 Å². The minimum atomic E-state index is 0.409. The Hall–Kier alpha value is -2.79. The molecule has 8 heteroatoms. The van der Waals surface area contributed by atoms with E-state index in [1.807, 2.05) is 0 Å². The number of pyridine rings is 1. The Kier molecular flexibility index (Phi) is 3.10. The molecule has 20 heavy (non-hydrogen) atoms. The average molecular weight is 284 g/mol. The van der Waals surface area contributed by atoms with Crippen LogP contribution in [0.15, 0.2) is 51.3 Å². The van der Waals surface area contributed by atoms with Gasteiger partial charge in [-0.3, -0.25) is 0 Å². The zero-order chi connectivity index (χ0) is 13.9. The van der Waals surface area contributed by atoms with Gasteiger partial charge in [-0.1, -0.05) is 0 Å². The van der Waals surface area contributed by atoms with Gasteiger partial charge in [-0.25, -0.2) is 9.66 Å². The third-order valence-electron chi connectivity index (χ3n) is 2.49. The third kappa shape index (κ3) is 2.10. The topological polar surface area (TPSA) is 107 Å². The lowest BCUT2D eigenvalue weighted by Gasteiger charge is -2.02. The summed E-state index contributed by atoms with van der Waals surface area (Å²) in [6.45, 7) is 0. The molecule has 0 radical (unpaired) electrons. The van der Waals surface area contributed by atoms with Crippen LogP contribution < -0.4 is 5.84 Å². The van der Waals surface area contributed by atoms with Crippen molar-refractivity contribution in [2.45, 2.75) is 10.2 Å². The van der Waals surface area contributed by atoms with Crippen molar-refractivity contribution in [3.8, 4) is 17.7 Å². The van der Waals surface area contributed by atoms with Crippen LogP contribution in [-0.4, -0.2) is 19.9 Å². The normalized spacial score (nSPS) is 10.3. The molecule has 0 unspecified atom stereocenters. The second-order valence-corrected chi connectivity index (χ2v) is 4.68. The molecule has 0 saturated carbocycles. The van der Waals surface area contributed by atoms with Crippen LogP contribution in [0.4, 0.5) is 0 Å². The molecule has 2 N–H and O–H groups in total. The van der Waals surface area contributed by atoms with Gasteiger partial charge in [0.25, 0.3) is 0 Å². The summed E-state index contributed by atoms with van der Waals surface area (Å²) in [7, 11) is 0. The molecule has 0 aliphatic heterocycles. The second kappa shape index (κ2) is 5.07. The molecular formula is C12H8N6OS. The van der Waals surface area contributed by atoms with Gasteiger partial charge in [0, 0.05) is 6.20 Å². The second-order valence-electron chi connectivity index (χ2n) is 3.72. The fourth-order valence-corrected chi connectivity index (χ4v) is 2.34. The van der Waals surface area contributed by atoms with E-state index in [0.717, 1.165) is 0 Å². The Labute approximate surface area is 118 Å². The number of hydrogen-bond acceptors (Lipinski definition) is 7. The first-order valence-electron chi connectivity index (χ1n) is 5.57. The largest absolute Gasteiger partial charge is 0.461 e. The fourth-order valence-electron chi connectivity index (χ4n) is 1.56. The zero-order valence-electron chi connectivity index (χ0n) is 10.1. The zero-order valence-corrected chi connectivity index (χ0v) is 10.9. The Morgan fingerprint density at radius 2 is 2.20 bits per heavy atom. The number of rotatable bonds is 3. The summed E-state index contributed by atoms with van der Waals surface area (Å²) >= 11 is 1.17. The summed E-state index contributed by atoms with van der Waals surface area (Å²) in [5.41, 5.74) is 0.458. The number of nitriles is 1. The molecule has 98 valence electrons. The van der Waals surface area contributed by atoms with E-state index in [2.05, 4.69) is 21.3 Å². The van der Waals surface area contributed by atoms with Crippen molar-refractivity contribution in [1.29, 1.82) is 5.26 Å². The van der Waals surface area contributed by atoms with Gasteiger partial charge in [-0.2, -0.15) is 5.26 Å². The maximum Gasteiger partial charge on any atom is 0.218 e. The van der Waals surface area contributed by atoms with Gasteiger partial charge < -0.3 is 10.3 Å². The van der Waals surface area contributed by atoms with E-state index in [1.54, 1.807) is 30.5 Å². The molecule has 0 aliphatic rings. The SMILES string of the molecule is N#Cc1cccnc1Sc1nnc(-c2ccco2)n1N. The van der Waals surface area contributed by atoms with Crippen molar-refractivity contribution < 1.29 is 4.42 Å². The van der Waals surface area contributed by atoms with Crippen LogP contribution in [0.1, 0.15) is 5.56 Å². The lowest BCUT2D eigenvalue weighted by molar-refractivity contribution is 0.574. The Morgan fingerprint density at radius 3 is 2.95 bits per heavy atom. The van der Waals surface area contributed by atoms with Crippen molar-refractivity contribution in [1.82, 2.24) is 19.9 Å². The van der Waals surface area contributed by atoms with Crippen LogP contribution in [0, 0.1) is 11.3 Å². The third-order valence-corrected chi connectivity index (χ3v) is 3.47. The summed E-state index contributed by atoms with van der Waals surface area (Å²) in [6.07, 6.45) is 3.14. The molecule has 0 fully saturated rings. The highest BCUT2D eigenvalue weighted by molar-refractivity contribution is 7.99. The Balaban J connectivity index is 1.95. The van der Waals surface area contributed by atoms with Crippen molar-refractivity contribution in [3.05, 3.63) is 42.3 Å². The van der Waals surface area contributed by atoms with E-state index in [9.17, 15) is 0 Å². The van der Waals surface area contributed by atoms with Crippen LogP contribution in [-0.2, 0) is 0 Å². The molecule has 0 atom stereocenters. The molecule has 0 amide bonds. The predicted molar refractivity (Wildman–Crippen MR) is 70.9 cm³/mol. The molecule has 3 heterocycles. The number of hydrogen-bond donors (Lipinski definition) is 1. The summed E-state index contributed by atoms with van der Waals surface area (Å²) < 4.78 is 6.53. The lowest BCUT2D eigenvalue weighted by Crippen LogP contribution is -2.11. The van der Waals surface area contributed by atoms with Gasteiger partial charge >= 0.3 is 0 Å². The summed E-state index contributed by atoms with van der Waals surface area (Å²) in [6, 6.07) is 8.93. The van der Waals surface area contributed by atoms with Crippen LogP contribution in [0.5, 0.6) is 0 Å². The number of nitrogen functional groups attached to an aromatic ring is 1. The monoisotopic (exact) mass is 284 g/mol. The molecule has 0 saturated heterocycles. The van der Waals surface area contributed by atoms with Gasteiger partial charge in [0.15, 0.2) is 5.76 Å². The standard InChI is InChI=1S/C12H8N6OS/c13-7-8-3-1-5-15-11(8)20-12-17-16-10(18(12)14)9-4-2-6-19-9/h1-6H,14H2. The predicted octanol–water partition coefficient (Wildman–Crippen LogP) is 1.67. The first kappa shape index (κ1) is 12.3. The summed E-state index contributed by atoms with van der Waals surface area (Å²) in [5, 5.41) is 17.9. The highest BCUT2D eigenvalue weighted by Gasteiger charge is 2.16. The minimum absolute atomic E-state index is 0.409. The molecule has 3 aromatic heterocycles. The van der Waals surface area contributed by atoms with Gasteiger partial charge in [0.1, 0.15) is 11.1 Å². The van der Waals surface area contributed by atoms with E-state index in [1.165, 1.54) is 22.7 Å². The van der Waals surface area contributed by atoms with E-state index < -0.39 is 0 Å². The number of nitrogens with two attached hydrogens (primary N) is 1. The van der Waals surface area contributed by atoms with Crippen molar-refractivity contribution in [2.24, 2.45) is 0 Å². The number of nitrogens with zero attached hydrogens (tertiary/aromatic N) is 5. The molecule has 3 aromatic rings. The van der Waals surface area contributed by atoms with Crippen LogP contribution in [0.25, 0.3) is 11.6 Å². The maximum absolute atomic E-state index is 9.03. The maximum atomic E-state index is 9.03. The van der Waals surface area contributed by atoms with Crippen molar-refractivity contribution in [3.63, 3.8) is 0 Å². The Morgan fingerprint density at radius 1 is 1.30 bits per heavy atom. The van der Waals surface area contributed by atoms with Gasteiger partial charge in [0.2, 0.25) is 11.0 Å². The van der Waals surface area contributed by atoms with Gasteiger partial charge in [-0.15, -0.1) is 10.2 Å². The quantitative estimate of drug-likeness (QED) is 0.729. The fraction of sp³-hybridized carbons (Fsp3) is 0. The molecule has 3 rings (SSSR count). The highest BCUT2D eigenvalue weighted by Crippen LogP contribution is 2.28. The van der Waals surface area contributed by atoms with Crippen LogP contribution in [0.2, 0.25) is 0 Å². The van der Waals surface area contributed by atoms with E-state index >= 15 is 0 Å². The van der Waals surface area contributed by atoms with E-state index in [0.29, 0.717) is 27.3 Å². The first-order chi connectivity index (χ1) is 9.79. The number of furan rings is 1. The highest BCUT2D eigenvalue weighted by atomic mass is 32.2. The average Bonchev–Trinajstić information content (AvgIpc) is 3.10. The lowest BCUT2D eigenvalue weighted by atomic mass is 10.3. The van der Waals surface area contributed by atoms with Gasteiger partial charge in [-0.05, 0) is 36.0 Å². The Bertz CT molecular complexity index is 774. The van der Waals surface area contributed by atoms with E-state index in [4.69, 9.17) is 15.5 Å². The van der Waals surface area contributed by atoms with Crippen LogP contribution >= 0.6 is 11.8 Å². The van der Waals surface area contributed by atoms with Crippen molar-refractivity contribution in [2.75, 3.05) is 5.84 Å². The van der Waals surface area contributed by atoms with E-state index in [-0.39, 0.29) is 0 Å². The molecule has 0 bridgehead atoms. The van der Waals surface area contributed by atoms with Gasteiger partial charge in [0.05, 0.1) is 11.8 Å². The van der Waals surface area contributed by atoms with Crippen molar-refractivity contribution >= 4 is 11.8 Å². The number of aromatic nitrogens is 4. The molecular weight excluding hydrogens is 276 g/mol. The first-order valence-corrected chi connectivity index (χ1v) is 6.38. The molecule has 7 nitrogen and oxygen atoms in total. The minimum Gasteiger partial charge on any atom is -0.461 e. The molecule has 0 aromatic carbocycles. The molecule has 0 aliphatic carbocycles. The molecule has 0 spiro atoms. The summed E-state index contributed by atoms with van der Waals surface area (Å²) in [4.78, 5) is 4.14. The smallest absolute Gasteiger partial charge is 0.218 e. The summed E-state index contributed by atoms with van der Waals surface area (Å²) in [5.74, 6) is 6.86.